The summed E-state index contributed by atoms with van der Waals surface area (Å²) in [6, 6.07) is 3.79. The molecular weight excluding hydrogens is 285 g/mol. The molecular formula is C14H15ClFNO3. The van der Waals surface area contributed by atoms with Crippen molar-refractivity contribution in [3.05, 3.63) is 29.0 Å². The van der Waals surface area contributed by atoms with Gasteiger partial charge in [-0.2, -0.15) is 0 Å². The Hall–Kier alpha value is -1.62. The molecule has 2 N–H and O–H groups in total. The number of carbonyl (C=O) groups is 2. The lowest BCUT2D eigenvalue weighted by Gasteiger charge is -2.25. The second-order valence-electron chi connectivity index (χ2n) is 5.05. The maximum Gasteiger partial charge on any atom is 0.306 e. The summed E-state index contributed by atoms with van der Waals surface area (Å²) in [6.45, 7) is 0. The number of amides is 1. The van der Waals surface area contributed by atoms with Crippen LogP contribution < -0.4 is 5.32 Å². The molecule has 1 amide bonds. The second-order valence-corrected chi connectivity index (χ2v) is 5.48. The van der Waals surface area contributed by atoms with Crippen LogP contribution in [0.4, 0.5) is 10.1 Å². The zero-order valence-corrected chi connectivity index (χ0v) is 11.5. The van der Waals surface area contributed by atoms with Gasteiger partial charge in [0.25, 0.3) is 0 Å². The van der Waals surface area contributed by atoms with E-state index in [9.17, 15) is 14.0 Å². The van der Waals surface area contributed by atoms with Crippen LogP contribution in [0, 0.1) is 17.7 Å². The maximum atomic E-state index is 13.2. The molecule has 6 heteroatoms. The molecule has 0 spiro atoms. The summed E-state index contributed by atoms with van der Waals surface area (Å²) in [4.78, 5) is 23.1. The third-order valence-electron chi connectivity index (χ3n) is 3.52. The lowest BCUT2D eigenvalue weighted by atomic mass is 9.81. The number of aliphatic carboxylic acids is 1. The number of halogens is 2. The topological polar surface area (TPSA) is 66.4 Å². The van der Waals surface area contributed by atoms with E-state index in [0.29, 0.717) is 25.7 Å². The molecule has 0 saturated heterocycles. The summed E-state index contributed by atoms with van der Waals surface area (Å²) in [5.41, 5.74) is 0.289. The van der Waals surface area contributed by atoms with Crippen LogP contribution in [-0.4, -0.2) is 17.0 Å². The molecule has 1 aliphatic rings. The van der Waals surface area contributed by atoms with Gasteiger partial charge in [-0.05, 0) is 37.5 Å². The molecule has 108 valence electrons. The highest BCUT2D eigenvalue weighted by atomic mass is 35.5. The number of carboxylic acid groups (broad SMARTS) is 1. The SMILES string of the molecule is O=C(O)C1CCCC(C(=O)Nc2cc(F)cc(Cl)c2)C1. The van der Waals surface area contributed by atoms with E-state index in [-0.39, 0.29) is 22.5 Å². The highest BCUT2D eigenvalue weighted by Gasteiger charge is 2.31. The average Bonchev–Trinajstić information content (AvgIpc) is 2.37. The molecule has 2 unspecified atom stereocenters. The van der Waals surface area contributed by atoms with E-state index < -0.39 is 17.7 Å². The minimum absolute atomic E-state index is 0.201. The summed E-state index contributed by atoms with van der Waals surface area (Å²) in [6.07, 6.45) is 2.28. The van der Waals surface area contributed by atoms with E-state index in [0.717, 1.165) is 6.07 Å². The molecule has 0 bridgehead atoms. The Labute approximate surface area is 120 Å². The Morgan fingerprint density at radius 2 is 1.95 bits per heavy atom. The molecule has 0 aromatic heterocycles. The van der Waals surface area contributed by atoms with Crippen molar-refractivity contribution < 1.29 is 19.1 Å². The van der Waals surface area contributed by atoms with Crippen LogP contribution in [0.1, 0.15) is 25.7 Å². The van der Waals surface area contributed by atoms with E-state index in [1.165, 1.54) is 12.1 Å². The van der Waals surface area contributed by atoms with Crippen molar-refractivity contribution in [1.82, 2.24) is 0 Å². The summed E-state index contributed by atoms with van der Waals surface area (Å²) in [5, 5.41) is 11.8. The Kier molecular flexibility index (Phi) is 4.60. The van der Waals surface area contributed by atoms with Gasteiger partial charge in [0.15, 0.2) is 0 Å². The molecule has 2 atom stereocenters. The fourth-order valence-electron chi connectivity index (χ4n) is 2.52. The fraction of sp³-hybridized carbons (Fsp3) is 0.429. The van der Waals surface area contributed by atoms with Gasteiger partial charge in [0.2, 0.25) is 5.91 Å². The quantitative estimate of drug-likeness (QED) is 0.900. The Morgan fingerprint density at radius 3 is 2.60 bits per heavy atom. The predicted molar refractivity (Wildman–Crippen MR) is 73.1 cm³/mol. The molecule has 0 heterocycles. The van der Waals surface area contributed by atoms with Crippen LogP contribution in [0.15, 0.2) is 18.2 Å². The van der Waals surface area contributed by atoms with Crippen molar-refractivity contribution in [2.24, 2.45) is 11.8 Å². The molecule has 4 nitrogen and oxygen atoms in total. The van der Waals surface area contributed by atoms with Crippen molar-refractivity contribution >= 4 is 29.2 Å². The van der Waals surface area contributed by atoms with Gasteiger partial charge in [0, 0.05) is 16.6 Å². The highest BCUT2D eigenvalue weighted by Crippen LogP contribution is 2.30. The number of anilines is 1. The van der Waals surface area contributed by atoms with Gasteiger partial charge >= 0.3 is 5.97 Å². The molecule has 2 rings (SSSR count). The Balaban J connectivity index is 2.02. The second kappa shape index (κ2) is 6.22. The average molecular weight is 300 g/mol. The van der Waals surface area contributed by atoms with Crippen molar-refractivity contribution in [2.45, 2.75) is 25.7 Å². The predicted octanol–water partition coefficient (Wildman–Crippen LogP) is 3.31. The van der Waals surface area contributed by atoms with Crippen LogP contribution in [0.25, 0.3) is 0 Å². The van der Waals surface area contributed by atoms with Crippen LogP contribution in [-0.2, 0) is 9.59 Å². The number of hydrogen-bond acceptors (Lipinski definition) is 2. The molecule has 20 heavy (non-hydrogen) atoms. The number of carboxylic acids is 1. The Morgan fingerprint density at radius 1 is 1.25 bits per heavy atom. The summed E-state index contributed by atoms with van der Waals surface area (Å²) in [5.74, 6) is -2.50. The van der Waals surface area contributed by atoms with E-state index >= 15 is 0 Å². The van der Waals surface area contributed by atoms with Gasteiger partial charge < -0.3 is 10.4 Å². The molecule has 0 radical (unpaired) electrons. The molecule has 1 aromatic carbocycles. The molecule has 0 aliphatic heterocycles. The van der Waals surface area contributed by atoms with E-state index in [4.69, 9.17) is 16.7 Å². The van der Waals surface area contributed by atoms with Crippen molar-refractivity contribution in [3.8, 4) is 0 Å². The minimum Gasteiger partial charge on any atom is -0.481 e. The smallest absolute Gasteiger partial charge is 0.306 e. The van der Waals surface area contributed by atoms with Crippen molar-refractivity contribution in [2.75, 3.05) is 5.32 Å². The first kappa shape index (κ1) is 14.8. The van der Waals surface area contributed by atoms with E-state index in [1.54, 1.807) is 0 Å². The van der Waals surface area contributed by atoms with Crippen LogP contribution in [0.2, 0.25) is 5.02 Å². The first-order chi connectivity index (χ1) is 9.45. The van der Waals surface area contributed by atoms with Gasteiger partial charge in [-0.3, -0.25) is 9.59 Å². The monoisotopic (exact) mass is 299 g/mol. The molecule has 1 fully saturated rings. The minimum atomic E-state index is -0.865. The number of nitrogens with one attached hydrogen (secondary N) is 1. The van der Waals surface area contributed by atoms with Crippen LogP contribution in [0.5, 0.6) is 0 Å². The standard InChI is InChI=1S/C14H15ClFNO3/c15-10-5-11(16)7-12(6-10)17-13(18)8-2-1-3-9(4-8)14(19)20/h5-9H,1-4H2,(H,17,18)(H,19,20). The largest absolute Gasteiger partial charge is 0.481 e. The maximum absolute atomic E-state index is 13.2. The number of rotatable bonds is 3. The van der Waals surface area contributed by atoms with Gasteiger partial charge in [-0.25, -0.2) is 4.39 Å². The van der Waals surface area contributed by atoms with Gasteiger partial charge in [0.1, 0.15) is 5.82 Å². The van der Waals surface area contributed by atoms with Crippen molar-refractivity contribution in [3.63, 3.8) is 0 Å². The zero-order chi connectivity index (χ0) is 14.7. The highest BCUT2D eigenvalue weighted by molar-refractivity contribution is 6.30. The van der Waals surface area contributed by atoms with Gasteiger partial charge in [0.05, 0.1) is 5.92 Å². The van der Waals surface area contributed by atoms with E-state index in [2.05, 4.69) is 5.32 Å². The third-order valence-corrected chi connectivity index (χ3v) is 3.74. The van der Waals surface area contributed by atoms with Gasteiger partial charge in [-0.15, -0.1) is 0 Å². The first-order valence-electron chi connectivity index (χ1n) is 6.45. The lowest BCUT2D eigenvalue weighted by molar-refractivity contribution is -0.143. The lowest BCUT2D eigenvalue weighted by Crippen LogP contribution is -2.30. The Bertz CT molecular complexity index is 515. The number of hydrogen-bond donors (Lipinski definition) is 2. The van der Waals surface area contributed by atoms with Crippen LogP contribution >= 0.6 is 11.6 Å². The fourth-order valence-corrected chi connectivity index (χ4v) is 2.74. The third kappa shape index (κ3) is 3.70. The molecule has 1 aliphatic carbocycles. The van der Waals surface area contributed by atoms with Crippen molar-refractivity contribution in [1.29, 1.82) is 0 Å². The van der Waals surface area contributed by atoms with E-state index in [1.807, 2.05) is 0 Å². The summed E-state index contributed by atoms with van der Waals surface area (Å²) < 4.78 is 13.2. The normalized spacial score (nSPS) is 22.3. The number of benzene rings is 1. The van der Waals surface area contributed by atoms with Crippen LogP contribution in [0.3, 0.4) is 0 Å². The first-order valence-corrected chi connectivity index (χ1v) is 6.83. The summed E-state index contributed by atoms with van der Waals surface area (Å²) >= 11 is 5.72. The summed E-state index contributed by atoms with van der Waals surface area (Å²) in [7, 11) is 0. The molecule has 1 aromatic rings. The van der Waals surface area contributed by atoms with Gasteiger partial charge in [-0.1, -0.05) is 18.0 Å². The zero-order valence-electron chi connectivity index (χ0n) is 10.7. The number of carbonyl (C=O) groups excluding carboxylic acids is 1. The molecule has 1 saturated carbocycles.